The van der Waals surface area contributed by atoms with E-state index in [4.69, 9.17) is 20.2 Å². The van der Waals surface area contributed by atoms with Gasteiger partial charge in [-0.3, -0.25) is 9.59 Å². The van der Waals surface area contributed by atoms with E-state index in [0.29, 0.717) is 23.5 Å². The number of benzene rings is 1. The van der Waals surface area contributed by atoms with Crippen LogP contribution in [0.5, 0.6) is 5.75 Å². The van der Waals surface area contributed by atoms with Crippen molar-refractivity contribution in [3.05, 3.63) is 56.9 Å². The molecule has 1 atom stereocenters. The summed E-state index contributed by atoms with van der Waals surface area (Å²) in [5.74, 6) is -1.31. The van der Waals surface area contributed by atoms with Crippen molar-refractivity contribution in [2.75, 3.05) is 6.54 Å². The summed E-state index contributed by atoms with van der Waals surface area (Å²) in [5.41, 5.74) is 8.00. The smallest absolute Gasteiger partial charge is 0.355 e. The molecule has 2 aromatic heterocycles. The molecule has 10 heteroatoms. The largest absolute Gasteiger partial charge is 0.508 e. The Morgan fingerprint density at radius 1 is 1.24 bits per heavy atom. The van der Waals surface area contributed by atoms with Crippen LogP contribution in [-0.4, -0.2) is 41.2 Å². The van der Waals surface area contributed by atoms with Gasteiger partial charge in [0.15, 0.2) is 0 Å². The predicted octanol–water partition coefficient (Wildman–Crippen LogP) is 3.18. The van der Waals surface area contributed by atoms with Gasteiger partial charge in [-0.25, -0.2) is 9.78 Å². The maximum Gasteiger partial charge on any atom is 0.355 e. The van der Waals surface area contributed by atoms with E-state index in [9.17, 15) is 19.5 Å². The number of phenolic OH excluding ortho intramolecular Hbond substituents is 1. The average molecular weight is 522 g/mol. The van der Waals surface area contributed by atoms with E-state index >= 15 is 0 Å². The fraction of sp³-hybridized carbons (Fsp3) is 0.407. The molecule has 0 saturated heterocycles. The summed E-state index contributed by atoms with van der Waals surface area (Å²) >= 11 is 0. The van der Waals surface area contributed by atoms with Crippen LogP contribution in [0.25, 0.3) is 22.3 Å². The number of nitrogens with two attached hydrogens (primary N) is 1. The summed E-state index contributed by atoms with van der Waals surface area (Å²) in [4.78, 5) is 43.9. The Morgan fingerprint density at radius 3 is 2.68 bits per heavy atom. The molecule has 0 bridgehead atoms. The van der Waals surface area contributed by atoms with E-state index in [1.807, 2.05) is 0 Å². The van der Waals surface area contributed by atoms with Gasteiger partial charge in [-0.1, -0.05) is 32.6 Å². The third-order valence-electron chi connectivity index (χ3n) is 7.34. The molecule has 37 heavy (non-hydrogen) atoms. The molecular weight excluding hydrogens is 490 g/mol. The van der Waals surface area contributed by atoms with Gasteiger partial charge in [-0.2, -0.15) is 0 Å². The molecule has 0 saturated carbocycles. The van der Waals surface area contributed by atoms with Crippen molar-refractivity contribution in [3.8, 4) is 17.1 Å². The zero-order chi connectivity index (χ0) is 26.7. The maximum atomic E-state index is 13.8. The van der Waals surface area contributed by atoms with Gasteiger partial charge >= 0.3 is 11.9 Å². The number of aromatic nitrogens is 2. The first-order chi connectivity index (χ1) is 17.5. The number of nitrogens with zero attached hydrogens (tertiary/aromatic N) is 2. The van der Waals surface area contributed by atoms with E-state index < -0.39 is 32.2 Å². The van der Waals surface area contributed by atoms with E-state index in [1.165, 1.54) is 0 Å². The van der Waals surface area contributed by atoms with E-state index in [2.05, 4.69) is 19.6 Å². The van der Waals surface area contributed by atoms with Gasteiger partial charge in [0.05, 0.1) is 35.6 Å². The number of aryl methyl sites for hydroxylation is 1. The number of carbonyl (C=O) groups is 2. The average Bonchev–Trinajstić information content (AvgIpc) is 3.21. The summed E-state index contributed by atoms with van der Waals surface area (Å²) in [6.45, 7) is 8.36. The molecule has 194 valence electrons. The van der Waals surface area contributed by atoms with Gasteiger partial charge in [-0.05, 0) is 42.7 Å². The Morgan fingerprint density at radius 2 is 2.00 bits per heavy atom. The molecule has 0 unspecified atom stereocenters. The lowest BCUT2D eigenvalue weighted by molar-refractivity contribution is -0.188. The molecule has 3 N–H and O–H groups in total. The Bertz CT molecular complexity index is 1520. The van der Waals surface area contributed by atoms with Gasteiger partial charge in [0.1, 0.15) is 12.4 Å². The second kappa shape index (κ2) is 8.81. The Balaban J connectivity index is 1.76. The number of hydrogen-bond acceptors (Lipinski definition) is 8. The molecule has 1 aromatic carbocycles. The number of phenols is 1. The zero-order valence-electron chi connectivity index (χ0n) is 21.5. The summed E-state index contributed by atoms with van der Waals surface area (Å²) in [7, 11) is -1.40. The molecule has 2 aliphatic rings. The van der Waals surface area contributed by atoms with Crippen molar-refractivity contribution in [2.24, 2.45) is 5.73 Å². The van der Waals surface area contributed by atoms with Crippen LogP contribution in [-0.2, 0) is 44.2 Å². The van der Waals surface area contributed by atoms with E-state index in [0.717, 1.165) is 34.5 Å². The van der Waals surface area contributed by atoms with Crippen molar-refractivity contribution >= 4 is 30.9 Å². The molecule has 0 amide bonds. The fourth-order valence-electron chi connectivity index (χ4n) is 5.33. The summed E-state index contributed by atoms with van der Waals surface area (Å²) in [6, 6.07) is 7.89. The predicted molar refractivity (Wildman–Crippen MR) is 141 cm³/mol. The van der Waals surface area contributed by atoms with Crippen LogP contribution < -0.4 is 11.3 Å². The molecule has 0 radical (unpaired) electrons. The number of fused-ring (bicyclic) bond motifs is 5. The first-order valence-electron chi connectivity index (χ1n) is 12.5. The van der Waals surface area contributed by atoms with Gasteiger partial charge in [0.2, 0.25) is 5.60 Å². The van der Waals surface area contributed by atoms with Crippen LogP contribution in [0.2, 0.25) is 25.7 Å². The summed E-state index contributed by atoms with van der Waals surface area (Å²) in [5, 5.41) is 11.1. The highest BCUT2D eigenvalue weighted by molar-refractivity contribution is 6.76. The highest BCUT2D eigenvalue weighted by Crippen LogP contribution is 2.42. The third kappa shape index (κ3) is 4.04. The van der Waals surface area contributed by atoms with Crippen molar-refractivity contribution < 1.29 is 24.2 Å². The molecule has 5 rings (SSSR count). The number of hydrogen-bond donors (Lipinski definition) is 2. The lowest BCUT2D eigenvalue weighted by Crippen LogP contribution is -2.48. The third-order valence-corrected chi connectivity index (χ3v) is 9.09. The number of carbonyl (C=O) groups excluding carboxylic acids is 2. The summed E-state index contributed by atoms with van der Waals surface area (Å²) in [6.07, 6.45) is 0.893. The molecule has 0 aliphatic carbocycles. The van der Waals surface area contributed by atoms with Crippen molar-refractivity contribution in [1.29, 1.82) is 0 Å². The monoisotopic (exact) mass is 521 g/mol. The number of aromatic hydroxyl groups is 1. The molecule has 4 heterocycles. The van der Waals surface area contributed by atoms with Crippen molar-refractivity contribution in [3.63, 3.8) is 0 Å². The maximum absolute atomic E-state index is 13.8. The minimum absolute atomic E-state index is 0.0895. The Labute approximate surface area is 215 Å². The molecule has 3 aromatic rings. The molecule has 0 fully saturated rings. The minimum atomic E-state index is -1.75. The number of esters is 2. The molecular formula is C27H31N3O6Si. The summed E-state index contributed by atoms with van der Waals surface area (Å²) < 4.78 is 12.6. The second-order valence-corrected chi connectivity index (χ2v) is 16.5. The number of rotatable bonds is 6. The van der Waals surface area contributed by atoms with Crippen molar-refractivity contribution in [2.45, 2.75) is 64.2 Å². The van der Waals surface area contributed by atoms with Crippen LogP contribution in [0.3, 0.4) is 0 Å². The van der Waals surface area contributed by atoms with E-state index in [-0.39, 0.29) is 29.9 Å². The normalized spacial score (nSPS) is 18.2. The zero-order valence-corrected chi connectivity index (χ0v) is 22.5. The number of cyclic esters (lactones) is 1. The SMILES string of the molecule is CC[C@@]1(OC(=O)CN)C(=O)OCc2c1cc1n(c2=O)Cc2c-1nc1ccc(O)cc1c2CC[Si](C)(C)C. The lowest BCUT2D eigenvalue weighted by Gasteiger charge is -2.35. The number of pyridine rings is 2. The number of ether oxygens (including phenoxy) is 2. The fourth-order valence-corrected chi connectivity index (χ4v) is 6.33. The second-order valence-electron chi connectivity index (χ2n) is 10.9. The van der Waals surface area contributed by atoms with Gasteiger partial charge < -0.3 is 24.9 Å². The first kappa shape index (κ1) is 25.2. The van der Waals surface area contributed by atoms with Crippen LogP contribution in [0.1, 0.15) is 35.6 Å². The van der Waals surface area contributed by atoms with Gasteiger partial charge in [0, 0.05) is 24.6 Å². The van der Waals surface area contributed by atoms with Crippen LogP contribution in [0.15, 0.2) is 29.1 Å². The van der Waals surface area contributed by atoms with Gasteiger partial charge in [-0.15, -0.1) is 0 Å². The highest BCUT2D eigenvalue weighted by atomic mass is 28.3. The first-order valence-corrected chi connectivity index (χ1v) is 16.2. The van der Waals surface area contributed by atoms with Crippen molar-refractivity contribution in [1.82, 2.24) is 9.55 Å². The Hall–Kier alpha value is -3.50. The molecule has 9 nitrogen and oxygen atoms in total. The Kier molecular flexibility index (Phi) is 5.99. The van der Waals surface area contributed by atoms with E-state index in [1.54, 1.807) is 35.8 Å². The van der Waals surface area contributed by atoms with Crippen LogP contribution in [0, 0.1) is 0 Å². The van der Waals surface area contributed by atoms with Crippen LogP contribution in [0.4, 0.5) is 0 Å². The van der Waals surface area contributed by atoms with Crippen LogP contribution >= 0.6 is 0 Å². The lowest BCUT2D eigenvalue weighted by atomic mass is 9.85. The topological polar surface area (TPSA) is 134 Å². The molecule has 0 spiro atoms. The highest BCUT2D eigenvalue weighted by Gasteiger charge is 2.50. The minimum Gasteiger partial charge on any atom is -0.508 e. The van der Waals surface area contributed by atoms with Gasteiger partial charge in [0.25, 0.3) is 5.56 Å². The standard InChI is InChI=1S/C27H31N3O6Si/c1-5-27(36-23(32)12-28)20-11-22-24-18(13-30(22)25(33)19(20)14-35-26(27)34)16(8-9-37(2,3)4)17-10-15(31)6-7-21(17)29-24/h6-7,10-11,31H,5,8-9,12-14,28H2,1-4H3/t27-/m0/s1. The quantitative estimate of drug-likeness (QED) is 0.292. The molecule has 2 aliphatic heterocycles.